The zero-order chi connectivity index (χ0) is 49.2. The van der Waals surface area contributed by atoms with Crippen molar-refractivity contribution in [2.75, 3.05) is 9.80 Å². The Labute approximate surface area is 418 Å². The van der Waals surface area contributed by atoms with E-state index in [2.05, 4.69) is 263 Å². The Hall–Kier alpha value is -7.72. The van der Waals surface area contributed by atoms with Crippen molar-refractivity contribution in [3.63, 3.8) is 0 Å². The van der Waals surface area contributed by atoms with Crippen LogP contribution in [0, 0.1) is 5.92 Å². The highest BCUT2D eigenvalue weighted by molar-refractivity contribution is 7.20. The fourth-order valence-corrected chi connectivity index (χ4v) is 8.58. The van der Waals surface area contributed by atoms with Gasteiger partial charge < -0.3 is 9.80 Å². The predicted octanol–water partition coefficient (Wildman–Crippen LogP) is 20.4. The third kappa shape index (κ3) is 16.0. The Balaban J connectivity index is 0.000000249. The SMILES string of the molecule is C/C(=C(\C)c1ccccc1)c1ccccc1.C/C=C\C=C/C.C=C(C)N(c1ccccc1)c1ccc(N(c2ccccc2)c2cc(-c3ccccc3)c(-c3ccccc3)s2)cc1.C=C/C=C\C(C)C. The van der Waals surface area contributed by atoms with Crippen LogP contribution in [-0.2, 0) is 0 Å². The van der Waals surface area contributed by atoms with E-state index in [4.69, 9.17) is 0 Å². The molecule has 0 spiro atoms. The molecule has 348 valence electrons. The second-order valence-corrected chi connectivity index (χ2v) is 17.6. The Morgan fingerprint density at radius 1 is 0.478 bits per heavy atom. The summed E-state index contributed by atoms with van der Waals surface area (Å²) in [6.07, 6.45) is 13.9. The lowest BCUT2D eigenvalue weighted by molar-refractivity contribution is 0.832. The van der Waals surface area contributed by atoms with Crippen LogP contribution >= 0.6 is 11.3 Å². The second-order valence-electron chi connectivity index (χ2n) is 16.6. The van der Waals surface area contributed by atoms with Gasteiger partial charge in [-0.25, -0.2) is 0 Å². The van der Waals surface area contributed by atoms with Gasteiger partial charge in [-0.1, -0.05) is 227 Å². The van der Waals surface area contributed by atoms with E-state index < -0.39 is 0 Å². The van der Waals surface area contributed by atoms with E-state index in [1.54, 1.807) is 6.08 Å². The first kappa shape index (κ1) is 52.3. The van der Waals surface area contributed by atoms with Crippen LogP contribution in [0.3, 0.4) is 0 Å². The third-order valence-electron chi connectivity index (χ3n) is 10.9. The van der Waals surface area contributed by atoms with Crippen molar-refractivity contribution in [3.8, 4) is 21.6 Å². The molecule has 0 saturated heterocycles. The molecular weight excluding hydrogens is 853 g/mol. The second kappa shape index (κ2) is 28.5. The minimum absolute atomic E-state index is 0.651. The van der Waals surface area contributed by atoms with Crippen LogP contribution in [-0.4, -0.2) is 0 Å². The molecule has 2 nitrogen and oxygen atoms in total. The first-order valence-electron chi connectivity index (χ1n) is 23.7. The number of thiophene rings is 1. The maximum absolute atomic E-state index is 4.25. The summed E-state index contributed by atoms with van der Waals surface area (Å²) in [6, 6.07) is 74.4. The predicted molar refractivity (Wildman–Crippen MR) is 308 cm³/mol. The van der Waals surface area contributed by atoms with Gasteiger partial charge in [-0.05, 0) is 129 Å². The fraction of sp³-hybridized carbons (Fsp3) is 0.121. The highest BCUT2D eigenvalue weighted by atomic mass is 32.1. The largest absolute Gasteiger partial charge is 0.315 e. The van der Waals surface area contributed by atoms with Crippen LogP contribution in [0.2, 0.25) is 0 Å². The van der Waals surface area contributed by atoms with Gasteiger partial charge in [-0.15, -0.1) is 11.3 Å². The third-order valence-corrected chi connectivity index (χ3v) is 12.1. The standard InChI is InChI=1S/C37H30N2S.C16H16.C7H12.C6H10/c1-28(2)38(31-19-11-5-12-20-31)33-23-25-34(26-24-33)39(32-21-13-6-14-22-32)36-27-35(29-15-7-3-8-16-29)37(40-36)30-17-9-4-10-18-30;1-13(15-9-5-3-6-10-15)14(2)16-11-7-4-8-12-16;1-4-5-6-7(2)3;1-3-5-6-4-2/h3-27H,1H2,2H3;3-12H,1-2H3;4-7H,1H2,2-3H3;3-6H,1-2H3/b;14-13-;6-5-;5-3-,6-4-. The first-order chi connectivity index (χ1) is 33.7. The van der Waals surface area contributed by atoms with Gasteiger partial charge >= 0.3 is 0 Å². The number of hydrogen-bond acceptors (Lipinski definition) is 3. The molecule has 1 heterocycles. The number of nitrogens with zero attached hydrogens (tertiary/aromatic N) is 2. The number of allylic oxidation sites excluding steroid dienone is 10. The summed E-state index contributed by atoms with van der Waals surface area (Å²) in [6.45, 7) is 22.5. The molecule has 0 fully saturated rings. The van der Waals surface area contributed by atoms with Crippen LogP contribution < -0.4 is 9.80 Å². The molecular formula is C66H68N2S. The van der Waals surface area contributed by atoms with E-state index in [0.29, 0.717) is 5.92 Å². The lowest BCUT2D eigenvalue weighted by Gasteiger charge is -2.27. The molecule has 0 unspecified atom stereocenters. The highest BCUT2D eigenvalue weighted by Crippen LogP contribution is 2.48. The van der Waals surface area contributed by atoms with Crippen LogP contribution in [0.5, 0.6) is 0 Å². The van der Waals surface area contributed by atoms with E-state index >= 15 is 0 Å². The minimum Gasteiger partial charge on any atom is -0.315 e. The molecule has 69 heavy (non-hydrogen) atoms. The highest BCUT2D eigenvalue weighted by Gasteiger charge is 2.20. The van der Waals surface area contributed by atoms with Gasteiger partial charge in [-0.3, -0.25) is 0 Å². The molecule has 0 aliphatic carbocycles. The quantitative estimate of drug-likeness (QED) is 0.0840. The fourth-order valence-electron chi connectivity index (χ4n) is 7.35. The van der Waals surface area contributed by atoms with Crippen LogP contribution in [0.15, 0.2) is 274 Å². The minimum atomic E-state index is 0.651. The Morgan fingerprint density at radius 2 is 0.855 bits per heavy atom. The molecule has 0 radical (unpaired) electrons. The summed E-state index contributed by atoms with van der Waals surface area (Å²) in [5.74, 6) is 0.651. The molecule has 0 saturated carbocycles. The topological polar surface area (TPSA) is 6.48 Å². The van der Waals surface area contributed by atoms with E-state index in [1.807, 2.05) is 68.6 Å². The van der Waals surface area contributed by atoms with Crippen molar-refractivity contribution >= 4 is 50.2 Å². The van der Waals surface area contributed by atoms with Crippen molar-refractivity contribution in [1.29, 1.82) is 0 Å². The number of rotatable bonds is 13. The molecule has 7 aromatic carbocycles. The van der Waals surface area contributed by atoms with Gasteiger partial charge in [0.15, 0.2) is 0 Å². The van der Waals surface area contributed by atoms with Crippen molar-refractivity contribution in [1.82, 2.24) is 0 Å². The Morgan fingerprint density at radius 3 is 1.26 bits per heavy atom. The molecule has 3 heteroatoms. The number of anilines is 5. The van der Waals surface area contributed by atoms with Crippen molar-refractivity contribution < 1.29 is 0 Å². The summed E-state index contributed by atoms with van der Waals surface area (Å²) in [5, 5.41) is 1.16. The van der Waals surface area contributed by atoms with E-state index in [-0.39, 0.29) is 0 Å². The van der Waals surface area contributed by atoms with Crippen molar-refractivity contribution in [2.24, 2.45) is 5.92 Å². The van der Waals surface area contributed by atoms with Crippen LogP contribution in [0.4, 0.5) is 27.8 Å². The van der Waals surface area contributed by atoms with Gasteiger partial charge in [0, 0.05) is 38.9 Å². The summed E-state index contributed by atoms with van der Waals surface area (Å²) in [7, 11) is 0. The maximum atomic E-state index is 4.25. The van der Waals surface area contributed by atoms with Gasteiger partial charge in [0.25, 0.3) is 0 Å². The summed E-state index contributed by atoms with van der Waals surface area (Å²) in [5.41, 5.74) is 14.3. The lowest BCUT2D eigenvalue weighted by Crippen LogP contribution is -2.14. The van der Waals surface area contributed by atoms with E-state index in [9.17, 15) is 0 Å². The Kier molecular flexibility index (Phi) is 21.5. The van der Waals surface area contributed by atoms with E-state index in [0.717, 1.165) is 33.4 Å². The summed E-state index contributed by atoms with van der Waals surface area (Å²) < 4.78 is 0. The molecule has 0 aliphatic heterocycles. The molecule has 8 rings (SSSR count). The number of hydrogen-bond donors (Lipinski definition) is 0. The number of para-hydroxylation sites is 2. The number of benzene rings is 7. The average Bonchev–Trinajstić information content (AvgIpc) is 3.84. The van der Waals surface area contributed by atoms with Gasteiger partial charge in [0.2, 0.25) is 0 Å². The zero-order valence-corrected chi connectivity index (χ0v) is 42.4. The molecule has 1 aromatic heterocycles. The average molecular weight is 921 g/mol. The molecule has 0 bridgehead atoms. The monoisotopic (exact) mass is 921 g/mol. The van der Waals surface area contributed by atoms with Gasteiger partial charge in [0.1, 0.15) is 5.00 Å². The van der Waals surface area contributed by atoms with Crippen LogP contribution in [0.1, 0.15) is 59.6 Å². The molecule has 0 N–H and O–H groups in total. The normalized spacial score (nSPS) is 11.1. The first-order valence-corrected chi connectivity index (χ1v) is 24.5. The molecule has 0 amide bonds. The maximum Gasteiger partial charge on any atom is 0.101 e. The van der Waals surface area contributed by atoms with Crippen LogP contribution in [0.25, 0.3) is 32.7 Å². The molecule has 0 atom stereocenters. The van der Waals surface area contributed by atoms with Gasteiger partial charge in [-0.2, -0.15) is 0 Å². The molecule has 8 aromatic rings. The smallest absolute Gasteiger partial charge is 0.101 e. The zero-order valence-electron chi connectivity index (χ0n) is 41.5. The summed E-state index contributed by atoms with van der Waals surface area (Å²) >= 11 is 1.82. The molecule has 0 aliphatic rings. The lowest BCUT2D eigenvalue weighted by atomic mass is 9.97. The van der Waals surface area contributed by atoms with E-state index in [1.165, 1.54) is 43.8 Å². The van der Waals surface area contributed by atoms with Crippen molar-refractivity contribution in [2.45, 2.75) is 48.5 Å². The summed E-state index contributed by atoms with van der Waals surface area (Å²) in [4.78, 5) is 5.79. The Bertz CT molecular complexity index is 2720. The van der Waals surface area contributed by atoms with Crippen molar-refractivity contribution in [3.05, 3.63) is 285 Å². The van der Waals surface area contributed by atoms with Gasteiger partial charge in [0.05, 0.1) is 0 Å².